The summed E-state index contributed by atoms with van der Waals surface area (Å²) in [7, 11) is 0. The Kier molecular flexibility index (Phi) is 4.83. The van der Waals surface area contributed by atoms with E-state index in [1.54, 1.807) is 0 Å². The van der Waals surface area contributed by atoms with Gasteiger partial charge in [0.05, 0.1) is 6.54 Å². The SMILES string of the molecule is C[C@@H](NCC(=O)N[C@H](C)C1CC1)c1ccccc1Cl. The van der Waals surface area contributed by atoms with Crippen LogP contribution in [-0.4, -0.2) is 18.5 Å². The summed E-state index contributed by atoms with van der Waals surface area (Å²) < 4.78 is 0. The molecule has 1 aliphatic rings. The maximum absolute atomic E-state index is 11.8. The quantitative estimate of drug-likeness (QED) is 0.841. The molecule has 0 aromatic heterocycles. The molecule has 2 rings (SSSR count). The largest absolute Gasteiger partial charge is 0.352 e. The Hall–Kier alpha value is -1.06. The van der Waals surface area contributed by atoms with Gasteiger partial charge in [0.1, 0.15) is 0 Å². The zero-order valence-electron chi connectivity index (χ0n) is 11.4. The lowest BCUT2D eigenvalue weighted by Gasteiger charge is -2.17. The van der Waals surface area contributed by atoms with Crippen molar-refractivity contribution in [3.8, 4) is 0 Å². The van der Waals surface area contributed by atoms with Gasteiger partial charge in [0.15, 0.2) is 0 Å². The normalized spacial score (nSPS) is 17.8. The Balaban J connectivity index is 1.78. The zero-order valence-corrected chi connectivity index (χ0v) is 12.2. The van der Waals surface area contributed by atoms with E-state index in [4.69, 9.17) is 11.6 Å². The molecule has 4 heteroatoms. The zero-order chi connectivity index (χ0) is 13.8. The molecular weight excluding hydrogens is 260 g/mol. The number of rotatable bonds is 6. The lowest BCUT2D eigenvalue weighted by atomic mass is 10.1. The van der Waals surface area contributed by atoms with Crippen molar-refractivity contribution < 1.29 is 4.79 Å². The van der Waals surface area contributed by atoms with Crippen molar-refractivity contribution in [2.24, 2.45) is 5.92 Å². The second-order valence-electron chi connectivity index (χ2n) is 5.32. The molecule has 2 N–H and O–H groups in total. The van der Waals surface area contributed by atoms with Crippen molar-refractivity contribution in [3.05, 3.63) is 34.9 Å². The first-order valence-electron chi connectivity index (χ1n) is 6.85. The van der Waals surface area contributed by atoms with Crippen LogP contribution in [0.25, 0.3) is 0 Å². The number of hydrogen-bond donors (Lipinski definition) is 2. The highest BCUT2D eigenvalue weighted by molar-refractivity contribution is 6.31. The van der Waals surface area contributed by atoms with E-state index in [0.29, 0.717) is 18.5 Å². The minimum Gasteiger partial charge on any atom is -0.352 e. The first-order valence-corrected chi connectivity index (χ1v) is 7.23. The van der Waals surface area contributed by atoms with E-state index >= 15 is 0 Å². The van der Waals surface area contributed by atoms with Crippen molar-refractivity contribution in [1.29, 1.82) is 0 Å². The third-order valence-electron chi connectivity index (χ3n) is 3.66. The lowest BCUT2D eigenvalue weighted by Crippen LogP contribution is -2.40. The molecule has 19 heavy (non-hydrogen) atoms. The van der Waals surface area contributed by atoms with E-state index in [0.717, 1.165) is 10.6 Å². The van der Waals surface area contributed by atoms with Crippen LogP contribution in [-0.2, 0) is 4.79 Å². The molecule has 1 fully saturated rings. The van der Waals surface area contributed by atoms with Crippen LogP contribution in [0.2, 0.25) is 5.02 Å². The van der Waals surface area contributed by atoms with Crippen LogP contribution in [0.5, 0.6) is 0 Å². The first-order chi connectivity index (χ1) is 9.08. The maximum Gasteiger partial charge on any atom is 0.234 e. The number of nitrogens with one attached hydrogen (secondary N) is 2. The monoisotopic (exact) mass is 280 g/mol. The van der Waals surface area contributed by atoms with Crippen LogP contribution in [0.4, 0.5) is 0 Å². The maximum atomic E-state index is 11.8. The van der Waals surface area contributed by atoms with Crippen LogP contribution in [0, 0.1) is 5.92 Å². The Morgan fingerprint density at radius 1 is 1.37 bits per heavy atom. The number of carbonyl (C=O) groups excluding carboxylic acids is 1. The molecule has 1 aromatic rings. The number of carbonyl (C=O) groups is 1. The van der Waals surface area contributed by atoms with Crippen molar-refractivity contribution in [3.63, 3.8) is 0 Å². The van der Waals surface area contributed by atoms with Crippen LogP contribution in [0.3, 0.4) is 0 Å². The summed E-state index contributed by atoms with van der Waals surface area (Å²) in [6, 6.07) is 8.06. The van der Waals surface area contributed by atoms with E-state index in [-0.39, 0.29) is 11.9 Å². The fraction of sp³-hybridized carbons (Fsp3) is 0.533. The second kappa shape index (κ2) is 6.40. The number of amides is 1. The molecule has 3 nitrogen and oxygen atoms in total. The fourth-order valence-electron chi connectivity index (χ4n) is 2.20. The first kappa shape index (κ1) is 14.4. The topological polar surface area (TPSA) is 41.1 Å². The molecule has 0 spiro atoms. The lowest BCUT2D eigenvalue weighted by molar-refractivity contribution is -0.121. The molecule has 0 heterocycles. The molecule has 1 amide bonds. The third-order valence-corrected chi connectivity index (χ3v) is 4.00. The molecule has 1 aromatic carbocycles. The van der Waals surface area contributed by atoms with E-state index in [1.807, 2.05) is 31.2 Å². The smallest absolute Gasteiger partial charge is 0.234 e. The van der Waals surface area contributed by atoms with Gasteiger partial charge in [-0.2, -0.15) is 0 Å². The predicted molar refractivity (Wildman–Crippen MR) is 78.2 cm³/mol. The molecule has 104 valence electrons. The van der Waals surface area contributed by atoms with Crippen molar-refractivity contribution in [2.75, 3.05) is 6.54 Å². The van der Waals surface area contributed by atoms with Crippen LogP contribution >= 0.6 is 11.6 Å². The summed E-state index contributed by atoms with van der Waals surface area (Å²) in [5, 5.41) is 6.97. The highest BCUT2D eigenvalue weighted by atomic mass is 35.5. The van der Waals surface area contributed by atoms with Crippen LogP contribution < -0.4 is 10.6 Å². The highest BCUT2D eigenvalue weighted by Gasteiger charge is 2.28. The van der Waals surface area contributed by atoms with Gasteiger partial charge in [-0.25, -0.2) is 0 Å². The summed E-state index contributed by atoms with van der Waals surface area (Å²) in [6.07, 6.45) is 2.48. The van der Waals surface area contributed by atoms with Gasteiger partial charge in [0.2, 0.25) is 5.91 Å². The van der Waals surface area contributed by atoms with Gasteiger partial charge in [-0.1, -0.05) is 29.8 Å². The van der Waals surface area contributed by atoms with Gasteiger partial charge in [0, 0.05) is 17.1 Å². The van der Waals surface area contributed by atoms with Gasteiger partial charge in [0.25, 0.3) is 0 Å². The average molecular weight is 281 g/mol. The second-order valence-corrected chi connectivity index (χ2v) is 5.72. The van der Waals surface area contributed by atoms with Crippen molar-refractivity contribution in [1.82, 2.24) is 10.6 Å². The molecule has 0 radical (unpaired) electrons. The third kappa shape index (κ3) is 4.22. The summed E-state index contributed by atoms with van der Waals surface area (Å²) in [5.74, 6) is 0.739. The molecule has 1 aliphatic carbocycles. The van der Waals surface area contributed by atoms with Gasteiger partial charge in [-0.15, -0.1) is 0 Å². The minimum atomic E-state index is 0.0540. The standard InChI is InChI=1S/C15H21ClN2O/c1-10(12-7-8-12)18-15(19)9-17-11(2)13-5-3-4-6-14(13)16/h3-6,10-12,17H,7-9H2,1-2H3,(H,18,19)/t10-,11-/m1/s1. The fourth-order valence-corrected chi connectivity index (χ4v) is 2.50. The number of benzene rings is 1. The Morgan fingerprint density at radius 2 is 2.05 bits per heavy atom. The number of halogens is 1. The molecule has 0 saturated heterocycles. The van der Waals surface area contributed by atoms with Gasteiger partial charge in [-0.3, -0.25) is 4.79 Å². The Labute approximate surface area is 119 Å². The molecule has 1 saturated carbocycles. The highest BCUT2D eigenvalue weighted by Crippen LogP contribution is 2.32. The molecule has 0 aliphatic heterocycles. The Morgan fingerprint density at radius 3 is 2.68 bits per heavy atom. The van der Waals surface area contributed by atoms with E-state index in [1.165, 1.54) is 12.8 Å². The van der Waals surface area contributed by atoms with Gasteiger partial charge < -0.3 is 10.6 Å². The molecule has 0 unspecified atom stereocenters. The molecule has 2 atom stereocenters. The molecular formula is C15H21ClN2O. The van der Waals surface area contributed by atoms with Crippen LogP contribution in [0.15, 0.2) is 24.3 Å². The average Bonchev–Trinajstić information content (AvgIpc) is 3.20. The van der Waals surface area contributed by atoms with Gasteiger partial charge >= 0.3 is 0 Å². The number of hydrogen-bond acceptors (Lipinski definition) is 2. The Bertz CT molecular complexity index is 446. The van der Waals surface area contributed by atoms with Crippen molar-refractivity contribution >= 4 is 17.5 Å². The molecule has 0 bridgehead atoms. The van der Waals surface area contributed by atoms with E-state index in [2.05, 4.69) is 17.6 Å². The minimum absolute atomic E-state index is 0.0540. The summed E-state index contributed by atoms with van der Waals surface area (Å²) >= 11 is 6.13. The summed E-state index contributed by atoms with van der Waals surface area (Å²) in [4.78, 5) is 11.8. The van der Waals surface area contributed by atoms with Crippen LogP contribution in [0.1, 0.15) is 38.3 Å². The van der Waals surface area contributed by atoms with Crippen molar-refractivity contribution in [2.45, 2.75) is 38.8 Å². The summed E-state index contributed by atoms with van der Waals surface area (Å²) in [6.45, 7) is 4.41. The predicted octanol–water partition coefficient (Wildman–Crippen LogP) is 2.91. The van der Waals surface area contributed by atoms with Gasteiger partial charge in [-0.05, 0) is 44.2 Å². The van der Waals surface area contributed by atoms with E-state index < -0.39 is 0 Å². The van der Waals surface area contributed by atoms with E-state index in [9.17, 15) is 4.79 Å². The summed E-state index contributed by atoms with van der Waals surface area (Å²) in [5.41, 5.74) is 1.02.